The van der Waals surface area contributed by atoms with E-state index in [0.717, 1.165) is 42.8 Å². The lowest BCUT2D eigenvalue weighted by Crippen LogP contribution is -2.26. The van der Waals surface area contributed by atoms with Crippen molar-refractivity contribution in [1.29, 1.82) is 0 Å². The Kier molecular flexibility index (Phi) is 5.46. The summed E-state index contributed by atoms with van der Waals surface area (Å²) in [6.07, 6.45) is 1.79. The van der Waals surface area contributed by atoms with Crippen molar-refractivity contribution in [3.63, 3.8) is 0 Å². The molecule has 0 aliphatic heterocycles. The SMILES string of the molecule is CCN(CC)CCn1c(N=Cc2ccc(O)cc2)nc2ccccc21. The highest BCUT2D eigenvalue weighted by Gasteiger charge is 2.10. The normalized spacial score (nSPS) is 11.8. The summed E-state index contributed by atoms with van der Waals surface area (Å²) in [7, 11) is 0. The smallest absolute Gasteiger partial charge is 0.230 e. The molecule has 5 nitrogen and oxygen atoms in total. The molecule has 3 aromatic rings. The first kappa shape index (κ1) is 17.2. The zero-order chi connectivity index (χ0) is 17.6. The zero-order valence-electron chi connectivity index (χ0n) is 14.8. The number of phenolic OH excluding ortho intramolecular Hbond substituents is 1. The second-order valence-electron chi connectivity index (χ2n) is 5.93. The molecule has 1 heterocycles. The fourth-order valence-electron chi connectivity index (χ4n) is 2.86. The number of phenols is 1. The summed E-state index contributed by atoms with van der Waals surface area (Å²) >= 11 is 0. The summed E-state index contributed by atoms with van der Waals surface area (Å²) in [5.74, 6) is 0.963. The molecule has 0 bridgehead atoms. The first-order valence-corrected chi connectivity index (χ1v) is 8.72. The molecule has 0 saturated heterocycles. The lowest BCUT2D eigenvalue weighted by atomic mass is 10.2. The Labute approximate surface area is 148 Å². The van der Waals surface area contributed by atoms with E-state index in [1.165, 1.54) is 0 Å². The van der Waals surface area contributed by atoms with Gasteiger partial charge in [0.05, 0.1) is 11.0 Å². The Hall–Kier alpha value is -2.66. The maximum absolute atomic E-state index is 9.38. The van der Waals surface area contributed by atoms with Crippen LogP contribution in [0.2, 0.25) is 0 Å². The van der Waals surface area contributed by atoms with E-state index in [1.54, 1.807) is 18.3 Å². The predicted molar refractivity (Wildman–Crippen MR) is 103 cm³/mol. The van der Waals surface area contributed by atoms with Gasteiger partial charge in [-0.2, -0.15) is 0 Å². The van der Waals surface area contributed by atoms with Crippen molar-refractivity contribution in [2.75, 3.05) is 19.6 Å². The second-order valence-corrected chi connectivity index (χ2v) is 5.93. The Balaban J connectivity index is 1.90. The lowest BCUT2D eigenvalue weighted by Gasteiger charge is -2.18. The van der Waals surface area contributed by atoms with Gasteiger partial charge in [-0.1, -0.05) is 26.0 Å². The number of likely N-dealkylation sites (N-methyl/N-ethyl adjacent to an activating group) is 1. The quantitative estimate of drug-likeness (QED) is 0.667. The molecule has 0 unspecified atom stereocenters. The molecule has 130 valence electrons. The van der Waals surface area contributed by atoms with Crippen LogP contribution in [0.5, 0.6) is 5.75 Å². The molecule has 0 atom stereocenters. The zero-order valence-corrected chi connectivity index (χ0v) is 14.8. The van der Waals surface area contributed by atoms with E-state index in [-0.39, 0.29) is 5.75 Å². The molecule has 2 aromatic carbocycles. The van der Waals surface area contributed by atoms with Gasteiger partial charge in [0.15, 0.2) is 0 Å². The van der Waals surface area contributed by atoms with Crippen LogP contribution in [0, 0.1) is 0 Å². The van der Waals surface area contributed by atoms with E-state index in [2.05, 4.69) is 39.4 Å². The van der Waals surface area contributed by atoms with Gasteiger partial charge in [-0.15, -0.1) is 0 Å². The number of para-hydroxylation sites is 2. The number of aromatic nitrogens is 2. The van der Waals surface area contributed by atoms with Gasteiger partial charge in [0.2, 0.25) is 5.95 Å². The highest BCUT2D eigenvalue weighted by molar-refractivity contribution is 5.83. The van der Waals surface area contributed by atoms with Crippen LogP contribution in [-0.4, -0.2) is 45.4 Å². The van der Waals surface area contributed by atoms with Gasteiger partial charge in [0, 0.05) is 19.3 Å². The summed E-state index contributed by atoms with van der Waals surface area (Å²) in [4.78, 5) is 11.7. The van der Waals surface area contributed by atoms with Gasteiger partial charge < -0.3 is 14.6 Å². The van der Waals surface area contributed by atoms with E-state index in [0.29, 0.717) is 5.95 Å². The molecular weight excluding hydrogens is 312 g/mol. The number of imidazole rings is 1. The fraction of sp³-hybridized carbons (Fsp3) is 0.300. The molecule has 0 aliphatic rings. The third kappa shape index (κ3) is 4.06. The van der Waals surface area contributed by atoms with Crippen molar-refractivity contribution >= 4 is 23.2 Å². The number of rotatable bonds is 7. The van der Waals surface area contributed by atoms with Crippen LogP contribution in [0.4, 0.5) is 5.95 Å². The van der Waals surface area contributed by atoms with Gasteiger partial charge >= 0.3 is 0 Å². The molecule has 5 heteroatoms. The second kappa shape index (κ2) is 7.94. The van der Waals surface area contributed by atoms with Crippen LogP contribution < -0.4 is 0 Å². The molecule has 1 N–H and O–H groups in total. The van der Waals surface area contributed by atoms with Crippen LogP contribution in [0.25, 0.3) is 11.0 Å². The van der Waals surface area contributed by atoms with E-state index in [1.807, 2.05) is 30.3 Å². The predicted octanol–water partition coefficient (Wildman–Crippen LogP) is 3.83. The number of nitrogens with zero attached hydrogens (tertiary/aromatic N) is 4. The van der Waals surface area contributed by atoms with Crippen molar-refractivity contribution in [2.45, 2.75) is 20.4 Å². The summed E-state index contributed by atoms with van der Waals surface area (Å²) < 4.78 is 2.17. The molecule has 0 spiro atoms. The van der Waals surface area contributed by atoms with Crippen molar-refractivity contribution in [2.24, 2.45) is 4.99 Å². The van der Waals surface area contributed by atoms with Gasteiger partial charge in [-0.3, -0.25) is 0 Å². The molecule has 0 saturated carbocycles. The van der Waals surface area contributed by atoms with Gasteiger partial charge in [-0.05, 0) is 55.1 Å². The van der Waals surface area contributed by atoms with Gasteiger partial charge in [0.1, 0.15) is 5.75 Å². The Morgan fingerprint density at radius 3 is 2.52 bits per heavy atom. The lowest BCUT2D eigenvalue weighted by molar-refractivity contribution is 0.292. The van der Waals surface area contributed by atoms with Crippen LogP contribution in [0.1, 0.15) is 19.4 Å². The Morgan fingerprint density at radius 1 is 1.08 bits per heavy atom. The van der Waals surface area contributed by atoms with Crippen LogP contribution in [0.3, 0.4) is 0 Å². The summed E-state index contributed by atoms with van der Waals surface area (Å²) in [5.41, 5.74) is 2.99. The highest BCUT2D eigenvalue weighted by atomic mass is 16.3. The standard InChI is InChI=1S/C20H24N4O/c1-3-23(4-2)13-14-24-19-8-6-5-7-18(19)22-20(24)21-15-16-9-11-17(25)12-10-16/h5-12,15,25H,3-4,13-14H2,1-2H3. The van der Waals surface area contributed by atoms with Crippen LogP contribution >= 0.6 is 0 Å². The molecule has 3 rings (SSSR count). The highest BCUT2D eigenvalue weighted by Crippen LogP contribution is 2.22. The third-order valence-corrected chi connectivity index (χ3v) is 4.39. The molecule has 0 amide bonds. The average Bonchev–Trinajstić information content (AvgIpc) is 3.00. The molecule has 0 radical (unpaired) electrons. The Bertz CT molecular complexity index is 848. The maximum Gasteiger partial charge on any atom is 0.230 e. The first-order chi connectivity index (χ1) is 12.2. The molecule has 0 aliphatic carbocycles. The number of aromatic hydroxyl groups is 1. The van der Waals surface area contributed by atoms with Crippen LogP contribution in [-0.2, 0) is 6.54 Å². The molecule has 1 aromatic heterocycles. The number of aliphatic imine (C=N–C) groups is 1. The minimum atomic E-state index is 0.253. The van der Waals surface area contributed by atoms with E-state index >= 15 is 0 Å². The number of hydrogen-bond acceptors (Lipinski definition) is 4. The molecule has 25 heavy (non-hydrogen) atoms. The van der Waals surface area contributed by atoms with Gasteiger partial charge in [0.25, 0.3) is 0 Å². The van der Waals surface area contributed by atoms with Crippen molar-refractivity contribution < 1.29 is 5.11 Å². The number of hydrogen-bond donors (Lipinski definition) is 1. The van der Waals surface area contributed by atoms with E-state index in [4.69, 9.17) is 0 Å². The summed E-state index contributed by atoms with van der Waals surface area (Å²) in [5, 5.41) is 9.38. The first-order valence-electron chi connectivity index (χ1n) is 8.72. The fourth-order valence-corrected chi connectivity index (χ4v) is 2.86. The monoisotopic (exact) mass is 336 g/mol. The Morgan fingerprint density at radius 2 is 1.80 bits per heavy atom. The maximum atomic E-state index is 9.38. The number of benzene rings is 2. The number of fused-ring (bicyclic) bond motifs is 1. The minimum absolute atomic E-state index is 0.253. The third-order valence-electron chi connectivity index (χ3n) is 4.39. The van der Waals surface area contributed by atoms with Crippen LogP contribution in [0.15, 0.2) is 53.5 Å². The summed E-state index contributed by atoms with van der Waals surface area (Å²) in [6.45, 7) is 8.25. The van der Waals surface area contributed by atoms with Crippen molar-refractivity contribution in [3.8, 4) is 5.75 Å². The van der Waals surface area contributed by atoms with E-state index in [9.17, 15) is 5.11 Å². The average molecular weight is 336 g/mol. The minimum Gasteiger partial charge on any atom is -0.508 e. The van der Waals surface area contributed by atoms with Crippen molar-refractivity contribution in [1.82, 2.24) is 14.5 Å². The van der Waals surface area contributed by atoms with Gasteiger partial charge in [-0.25, -0.2) is 9.98 Å². The largest absolute Gasteiger partial charge is 0.508 e. The van der Waals surface area contributed by atoms with E-state index < -0.39 is 0 Å². The molecular formula is C20H24N4O. The topological polar surface area (TPSA) is 53.7 Å². The molecule has 0 fully saturated rings. The van der Waals surface area contributed by atoms with Crippen molar-refractivity contribution in [3.05, 3.63) is 54.1 Å². The summed E-state index contributed by atoms with van der Waals surface area (Å²) in [6, 6.07) is 15.1.